The topological polar surface area (TPSA) is 3.24 Å². The molecule has 0 unspecified atom stereocenters. The third kappa shape index (κ3) is 5.65. The molecule has 57 heavy (non-hydrogen) atoms. The van der Waals surface area contributed by atoms with Gasteiger partial charge in [0.2, 0.25) is 0 Å². The van der Waals surface area contributed by atoms with Crippen molar-refractivity contribution in [3.05, 3.63) is 186 Å². The third-order valence-electron chi connectivity index (χ3n) is 14.5. The highest BCUT2D eigenvalue weighted by Gasteiger charge is 2.51. The summed E-state index contributed by atoms with van der Waals surface area (Å²) in [6.07, 6.45) is 8.65. The lowest BCUT2D eigenvalue weighted by Crippen LogP contribution is -2.48. The van der Waals surface area contributed by atoms with Gasteiger partial charge < -0.3 is 4.90 Å². The number of anilines is 3. The van der Waals surface area contributed by atoms with Crippen LogP contribution in [0.5, 0.6) is 0 Å². The van der Waals surface area contributed by atoms with Crippen molar-refractivity contribution < 1.29 is 0 Å². The molecule has 5 aliphatic rings. The number of nitrogens with zero attached hydrogens (tertiary/aromatic N) is 1. The van der Waals surface area contributed by atoms with E-state index in [-0.39, 0.29) is 5.41 Å². The molecule has 4 saturated carbocycles. The molecule has 280 valence electrons. The van der Waals surface area contributed by atoms with Crippen LogP contribution in [0.1, 0.15) is 74.6 Å². The summed E-state index contributed by atoms with van der Waals surface area (Å²) in [6, 6.07) is 61.7. The zero-order chi connectivity index (χ0) is 38.3. The number of benzene rings is 7. The first kappa shape index (κ1) is 34.6. The van der Waals surface area contributed by atoms with Gasteiger partial charge in [0.05, 0.1) is 11.4 Å². The normalized spacial score (nSPS) is 22.3. The molecule has 0 saturated heterocycles. The second-order valence-corrected chi connectivity index (χ2v) is 18.4. The summed E-state index contributed by atoms with van der Waals surface area (Å²) in [5.41, 5.74) is 19.6. The molecule has 4 fully saturated rings. The number of rotatable bonds is 7. The van der Waals surface area contributed by atoms with Crippen molar-refractivity contribution >= 4 is 17.1 Å². The van der Waals surface area contributed by atoms with Crippen LogP contribution in [0.3, 0.4) is 0 Å². The van der Waals surface area contributed by atoms with Crippen molar-refractivity contribution in [2.45, 2.75) is 70.1 Å². The Morgan fingerprint density at radius 1 is 0.474 bits per heavy atom. The van der Waals surface area contributed by atoms with E-state index in [1.165, 1.54) is 111 Å². The molecule has 0 aliphatic heterocycles. The summed E-state index contributed by atoms with van der Waals surface area (Å²) < 4.78 is 0. The first-order chi connectivity index (χ1) is 27.8. The molecule has 0 heterocycles. The Labute approximate surface area is 339 Å². The summed E-state index contributed by atoms with van der Waals surface area (Å²) in [5, 5.41) is 0. The lowest BCUT2D eigenvalue weighted by molar-refractivity contribution is -0.00518. The fourth-order valence-corrected chi connectivity index (χ4v) is 12.3. The highest BCUT2D eigenvalue weighted by atomic mass is 15.2. The number of hydrogen-bond donors (Lipinski definition) is 0. The van der Waals surface area contributed by atoms with Gasteiger partial charge in [-0.3, -0.25) is 0 Å². The van der Waals surface area contributed by atoms with Crippen LogP contribution in [0.4, 0.5) is 17.1 Å². The lowest BCUT2D eigenvalue weighted by Gasteiger charge is -2.57. The predicted octanol–water partition coefficient (Wildman–Crippen LogP) is 15.2. The molecule has 0 radical (unpaired) electrons. The van der Waals surface area contributed by atoms with Crippen molar-refractivity contribution in [3.8, 4) is 44.5 Å². The standard InChI is InChI=1S/C56H51N/c1-37-29-45(43-21-25-46(26-22-43)56-34-38-30-39(35-56)32-40(31-38)36-56)33-49(44-15-8-5-9-16-44)54(37)57(47-27-23-42(24-28-47)41-13-6-4-7-14-41)52-20-12-19-51-53(52)48-17-10-11-18-50(48)55(51,2)3/h4-29,33,38-40H,30-32,34-36H2,1-3H3. The fourth-order valence-electron chi connectivity index (χ4n) is 12.3. The molecule has 0 amide bonds. The van der Waals surface area contributed by atoms with E-state index < -0.39 is 0 Å². The molecule has 7 aromatic rings. The van der Waals surface area contributed by atoms with Crippen LogP contribution in [0.15, 0.2) is 164 Å². The smallest absolute Gasteiger partial charge is 0.0569 e. The Bertz CT molecular complexity index is 2580. The van der Waals surface area contributed by atoms with Crippen LogP contribution in [-0.4, -0.2) is 0 Å². The number of aryl methyl sites for hydroxylation is 1. The summed E-state index contributed by atoms with van der Waals surface area (Å²) in [6.45, 7) is 7.08. The Morgan fingerprint density at radius 2 is 1.02 bits per heavy atom. The molecule has 0 aromatic heterocycles. The minimum atomic E-state index is -0.103. The van der Waals surface area contributed by atoms with Crippen molar-refractivity contribution in [2.24, 2.45) is 17.8 Å². The zero-order valence-electron chi connectivity index (χ0n) is 33.5. The van der Waals surface area contributed by atoms with E-state index in [4.69, 9.17) is 0 Å². The number of hydrogen-bond acceptors (Lipinski definition) is 1. The molecular formula is C56H51N. The van der Waals surface area contributed by atoms with Crippen LogP contribution in [0, 0.1) is 24.7 Å². The van der Waals surface area contributed by atoms with E-state index >= 15 is 0 Å². The van der Waals surface area contributed by atoms with E-state index in [0.717, 1.165) is 23.4 Å². The zero-order valence-corrected chi connectivity index (χ0v) is 33.5. The molecule has 7 aromatic carbocycles. The molecule has 12 rings (SSSR count). The SMILES string of the molecule is Cc1cc(-c2ccc(C34CC5CC(CC(C5)C3)C4)cc2)cc(-c2ccccc2)c1N(c1ccc(-c2ccccc2)cc1)c1cccc2c1-c1ccccc1C2(C)C. The average Bonchev–Trinajstić information content (AvgIpc) is 3.48. The summed E-state index contributed by atoms with van der Waals surface area (Å²) >= 11 is 0. The molecule has 5 aliphatic carbocycles. The van der Waals surface area contributed by atoms with Crippen molar-refractivity contribution in [2.75, 3.05) is 4.90 Å². The summed E-state index contributed by atoms with van der Waals surface area (Å²) in [5.74, 6) is 2.84. The quantitative estimate of drug-likeness (QED) is 0.157. The number of fused-ring (bicyclic) bond motifs is 3. The second-order valence-electron chi connectivity index (χ2n) is 18.4. The van der Waals surface area contributed by atoms with Crippen molar-refractivity contribution in [1.82, 2.24) is 0 Å². The minimum Gasteiger partial charge on any atom is -0.309 e. The Kier molecular flexibility index (Phi) is 8.01. The van der Waals surface area contributed by atoms with E-state index in [1.54, 1.807) is 5.56 Å². The Hall–Kier alpha value is -5.66. The van der Waals surface area contributed by atoms with Crippen LogP contribution in [0.25, 0.3) is 44.5 Å². The Balaban J connectivity index is 1.09. The minimum absolute atomic E-state index is 0.103. The highest BCUT2D eigenvalue weighted by molar-refractivity contribution is 5.99. The van der Waals surface area contributed by atoms with E-state index in [1.807, 2.05) is 0 Å². The van der Waals surface area contributed by atoms with Gasteiger partial charge >= 0.3 is 0 Å². The summed E-state index contributed by atoms with van der Waals surface area (Å²) in [7, 11) is 0. The van der Waals surface area contributed by atoms with Gasteiger partial charge in [-0.25, -0.2) is 0 Å². The van der Waals surface area contributed by atoms with Crippen LogP contribution >= 0.6 is 0 Å². The lowest BCUT2D eigenvalue weighted by atomic mass is 9.48. The molecule has 0 N–H and O–H groups in total. The van der Waals surface area contributed by atoms with Gasteiger partial charge in [0.15, 0.2) is 0 Å². The first-order valence-electron chi connectivity index (χ1n) is 21.3. The maximum Gasteiger partial charge on any atom is 0.0569 e. The molecule has 1 nitrogen and oxygen atoms in total. The molecule has 1 heteroatoms. The van der Waals surface area contributed by atoms with Gasteiger partial charge in [0.25, 0.3) is 0 Å². The van der Waals surface area contributed by atoms with Crippen LogP contribution in [0.2, 0.25) is 0 Å². The maximum absolute atomic E-state index is 2.56. The molecule has 0 spiro atoms. The van der Waals surface area contributed by atoms with Gasteiger partial charge in [0.1, 0.15) is 0 Å². The van der Waals surface area contributed by atoms with Gasteiger partial charge in [-0.05, 0) is 155 Å². The van der Waals surface area contributed by atoms with Crippen molar-refractivity contribution in [3.63, 3.8) is 0 Å². The second kappa shape index (κ2) is 13.2. The first-order valence-corrected chi connectivity index (χ1v) is 21.3. The third-order valence-corrected chi connectivity index (χ3v) is 14.5. The largest absolute Gasteiger partial charge is 0.309 e. The monoisotopic (exact) mass is 737 g/mol. The maximum atomic E-state index is 2.56. The van der Waals surface area contributed by atoms with Crippen LogP contribution < -0.4 is 4.90 Å². The predicted molar refractivity (Wildman–Crippen MR) is 240 cm³/mol. The van der Waals surface area contributed by atoms with Gasteiger partial charge in [-0.2, -0.15) is 0 Å². The van der Waals surface area contributed by atoms with E-state index in [2.05, 4.69) is 189 Å². The van der Waals surface area contributed by atoms with E-state index in [9.17, 15) is 0 Å². The van der Waals surface area contributed by atoms with Gasteiger partial charge in [0, 0.05) is 22.2 Å². The van der Waals surface area contributed by atoms with Gasteiger partial charge in [-0.1, -0.05) is 147 Å². The summed E-state index contributed by atoms with van der Waals surface area (Å²) in [4.78, 5) is 2.56. The Morgan fingerprint density at radius 3 is 1.68 bits per heavy atom. The van der Waals surface area contributed by atoms with Crippen LogP contribution in [-0.2, 0) is 10.8 Å². The van der Waals surface area contributed by atoms with Crippen molar-refractivity contribution in [1.29, 1.82) is 0 Å². The highest BCUT2D eigenvalue weighted by Crippen LogP contribution is 2.61. The van der Waals surface area contributed by atoms with E-state index in [0.29, 0.717) is 5.41 Å². The molecule has 4 bridgehead atoms. The average molecular weight is 738 g/mol. The molecular weight excluding hydrogens is 687 g/mol. The molecule has 0 atom stereocenters. The van der Waals surface area contributed by atoms with Gasteiger partial charge in [-0.15, -0.1) is 0 Å². The fraction of sp³-hybridized carbons (Fsp3) is 0.250.